The summed E-state index contributed by atoms with van der Waals surface area (Å²) >= 11 is 0. The van der Waals surface area contributed by atoms with Gasteiger partial charge in [-0.15, -0.1) is 0 Å². The Morgan fingerprint density at radius 3 is 2.44 bits per heavy atom. The maximum Gasteiger partial charge on any atom is 0.285 e. The molecule has 0 heterocycles. The van der Waals surface area contributed by atoms with Crippen LogP contribution in [-0.2, 0) is 5.41 Å². The third kappa shape index (κ3) is 3.40. The number of carbonyl (C=O) groups excluding carboxylic acids is 1. The van der Waals surface area contributed by atoms with Crippen LogP contribution in [0, 0.1) is 17.0 Å². The van der Waals surface area contributed by atoms with Crippen LogP contribution in [0.2, 0.25) is 0 Å². The van der Waals surface area contributed by atoms with Gasteiger partial charge in [-0.25, -0.2) is 0 Å². The predicted octanol–water partition coefficient (Wildman–Crippen LogP) is 4.15. The number of nitro groups is 1. The van der Waals surface area contributed by atoms with Crippen LogP contribution < -0.4 is 5.32 Å². The van der Waals surface area contributed by atoms with Crippen LogP contribution in [0.4, 0.5) is 5.69 Å². The topological polar surface area (TPSA) is 72.2 Å². The zero-order chi connectivity index (χ0) is 17.9. The Kier molecular flexibility index (Phi) is 4.83. The summed E-state index contributed by atoms with van der Waals surface area (Å²) in [5, 5.41) is 14.3. The van der Waals surface area contributed by atoms with Gasteiger partial charge in [-0.1, -0.05) is 55.3 Å². The van der Waals surface area contributed by atoms with Crippen molar-refractivity contribution in [2.24, 2.45) is 0 Å². The standard InChI is InChI=1S/C20H22N2O3/c1-15-8-7-11-17(18(15)22(24)25)19(23)21-14-20(12-5-6-13-20)16-9-3-2-4-10-16/h2-4,7-11H,5-6,12-14H2,1H3,(H,21,23). The zero-order valence-electron chi connectivity index (χ0n) is 14.3. The molecule has 0 unspecified atom stereocenters. The number of hydrogen-bond donors (Lipinski definition) is 1. The number of hydrogen-bond acceptors (Lipinski definition) is 3. The van der Waals surface area contributed by atoms with Crippen LogP contribution in [0.15, 0.2) is 48.5 Å². The van der Waals surface area contributed by atoms with Gasteiger partial charge in [-0.05, 0) is 31.4 Å². The number of nitrogens with zero attached hydrogens (tertiary/aromatic N) is 1. The van der Waals surface area contributed by atoms with Crippen molar-refractivity contribution in [2.75, 3.05) is 6.54 Å². The third-order valence-corrected chi connectivity index (χ3v) is 5.20. The Morgan fingerprint density at radius 2 is 1.80 bits per heavy atom. The zero-order valence-corrected chi connectivity index (χ0v) is 14.3. The lowest BCUT2D eigenvalue weighted by Gasteiger charge is -2.30. The Hall–Kier alpha value is -2.69. The summed E-state index contributed by atoms with van der Waals surface area (Å²) < 4.78 is 0. The fourth-order valence-electron chi connectivity index (χ4n) is 3.84. The van der Waals surface area contributed by atoms with E-state index in [2.05, 4.69) is 17.4 Å². The SMILES string of the molecule is Cc1cccc(C(=O)NCC2(c3ccccc3)CCCC2)c1[N+](=O)[O-]. The van der Waals surface area contributed by atoms with Gasteiger partial charge >= 0.3 is 0 Å². The van der Waals surface area contributed by atoms with Gasteiger partial charge in [0.2, 0.25) is 0 Å². The highest BCUT2D eigenvalue weighted by Crippen LogP contribution is 2.40. The van der Waals surface area contributed by atoms with Gasteiger partial charge in [-0.3, -0.25) is 14.9 Å². The molecule has 0 bridgehead atoms. The van der Waals surface area contributed by atoms with E-state index in [-0.39, 0.29) is 22.6 Å². The fraction of sp³-hybridized carbons (Fsp3) is 0.350. The number of nitro benzene ring substituents is 1. The van der Waals surface area contributed by atoms with Crippen LogP contribution in [0.5, 0.6) is 0 Å². The molecule has 0 atom stereocenters. The van der Waals surface area contributed by atoms with Crippen molar-refractivity contribution in [3.05, 3.63) is 75.3 Å². The molecule has 2 aromatic carbocycles. The van der Waals surface area contributed by atoms with E-state index >= 15 is 0 Å². The van der Waals surface area contributed by atoms with E-state index in [1.807, 2.05) is 18.2 Å². The van der Waals surface area contributed by atoms with Gasteiger partial charge in [-0.2, -0.15) is 0 Å². The summed E-state index contributed by atoms with van der Waals surface area (Å²) in [6.07, 6.45) is 4.31. The predicted molar refractivity (Wildman–Crippen MR) is 96.8 cm³/mol. The van der Waals surface area contributed by atoms with Gasteiger partial charge in [0.1, 0.15) is 5.56 Å². The summed E-state index contributed by atoms with van der Waals surface area (Å²) in [6.45, 7) is 2.15. The average Bonchev–Trinajstić information content (AvgIpc) is 3.10. The van der Waals surface area contributed by atoms with Crippen molar-refractivity contribution in [3.8, 4) is 0 Å². The smallest absolute Gasteiger partial charge is 0.285 e. The number of aryl methyl sites for hydroxylation is 1. The van der Waals surface area contributed by atoms with E-state index in [1.54, 1.807) is 19.1 Å². The minimum absolute atomic E-state index is 0.0739. The van der Waals surface area contributed by atoms with E-state index in [0.29, 0.717) is 12.1 Å². The van der Waals surface area contributed by atoms with Crippen molar-refractivity contribution < 1.29 is 9.72 Å². The molecule has 1 saturated carbocycles. The quantitative estimate of drug-likeness (QED) is 0.657. The second kappa shape index (κ2) is 7.05. The summed E-state index contributed by atoms with van der Waals surface area (Å²) in [6, 6.07) is 15.1. The van der Waals surface area contributed by atoms with Crippen LogP contribution in [0.3, 0.4) is 0 Å². The summed E-state index contributed by atoms with van der Waals surface area (Å²) in [5.74, 6) is -0.377. The Bertz CT molecular complexity index is 781. The monoisotopic (exact) mass is 338 g/mol. The highest BCUT2D eigenvalue weighted by Gasteiger charge is 2.36. The Labute approximate surface area is 147 Å². The number of rotatable bonds is 5. The molecule has 1 amide bonds. The molecule has 5 heteroatoms. The molecular weight excluding hydrogens is 316 g/mol. The largest absolute Gasteiger partial charge is 0.351 e. The van der Waals surface area contributed by atoms with E-state index < -0.39 is 4.92 Å². The van der Waals surface area contributed by atoms with E-state index in [9.17, 15) is 14.9 Å². The Balaban J connectivity index is 1.82. The van der Waals surface area contributed by atoms with Gasteiger partial charge in [0, 0.05) is 17.5 Å². The molecule has 130 valence electrons. The van der Waals surface area contributed by atoms with Crippen LogP contribution in [0.1, 0.15) is 47.2 Å². The first-order valence-electron chi connectivity index (χ1n) is 8.61. The molecule has 0 saturated heterocycles. The lowest BCUT2D eigenvalue weighted by Crippen LogP contribution is -2.39. The molecule has 0 spiro atoms. The maximum absolute atomic E-state index is 12.6. The second-order valence-corrected chi connectivity index (χ2v) is 6.76. The molecule has 1 aliphatic carbocycles. The summed E-state index contributed by atoms with van der Waals surface area (Å²) in [5.41, 5.74) is 1.67. The molecular formula is C20H22N2O3. The van der Waals surface area contributed by atoms with Gasteiger partial charge in [0.25, 0.3) is 11.6 Å². The summed E-state index contributed by atoms with van der Waals surface area (Å²) in [7, 11) is 0. The second-order valence-electron chi connectivity index (χ2n) is 6.76. The van der Waals surface area contributed by atoms with Crippen LogP contribution >= 0.6 is 0 Å². The lowest BCUT2D eigenvalue weighted by molar-refractivity contribution is -0.385. The van der Waals surface area contributed by atoms with Gasteiger partial charge in [0.05, 0.1) is 4.92 Å². The van der Waals surface area contributed by atoms with E-state index in [0.717, 1.165) is 25.7 Å². The van der Waals surface area contributed by atoms with E-state index in [1.165, 1.54) is 11.6 Å². The van der Waals surface area contributed by atoms with Crippen molar-refractivity contribution in [1.29, 1.82) is 0 Å². The first kappa shape index (κ1) is 17.1. The lowest BCUT2D eigenvalue weighted by atomic mass is 9.79. The number of nitrogens with one attached hydrogen (secondary N) is 1. The molecule has 1 fully saturated rings. The van der Waals surface area contributed by atoms with Gasteiger partial charge < -0.3 is 5.32 Å². The first-order valence-corrected chi connectivity index (χ1v) is 8.61. The van der Waals surface area contributed by atoms with Crippen molar-refractivity contribution in [1.82, 2.24) is 5.32 Å². The molecule has 25 heavy (non-hydrogen) atoms. The van der Waals surface area contributed by atoms with Crippen molar-refractivity contribution >= 4 is 11.6 Å². The van der Waals surface area contributed by atoms with Gasteiger partial charge in [0.15, 0.2) is 0 Å². The fourth-order valence-corrected chi connectivity index (χ4v) is 3.84. The summed E-state index contributed by atoms with van der Waals surface area (Å²) in [4.78, 5) is 23.5. The Morgan fingerprint density at radius 1 is 1.12 bits per heavy atom. The van der Waals surface area contributed by atoms with Crippen LogP contribution in [0.25, 0.3) is 0 Å². The minimum Gasteiger partial charge on any atom is -0.351 e. The number of para-hydroxylation sites is 1. The first-order chi connectivity index (χ1) is 12.0. The van der Waals surface area contributed by atoms with Crippen molar-refractivity contribution in [2.45, 2.75) is 38.0 Å². The molecule has 0 aliphatic heterocycles. The molecule has 2 aromatic rings. The van der Waals surface area contributed by atoms with Crippen molar-refractivity contribution in [3.63, 3.8) is 0 Å². The van der Waals surface area contributed by atoms with E-state index in [4.69, 9.17) is 0 Å². The highest BCUT2D eigenvalue weighted by atomic mass is 16.6. The molecule has 3 rings (SSSR count). The minimum atomic E-state index is -0.479. The molecule has 1 N–H and O–H groups in total. The number of amides is 1. The number of carbonyl (C=O) groups is 1. The third-order valence-electron chi connectivity index (χ3n) is 5.20. The highest BCUT2D eigenvalue weighted by molar-refractivity contribution is 5.98. The maximum atomic E-state index is 12.6. The average molecular weight is 338 g/mol. The molecule has 1 aliphatic rings. The molecule has 5 nitrogen and oxygen atoms in total. The number of benzene rings is 2. The normalized spacial score (nSPS) is 15.7. The molecule has 0 aromatic heterocycles. The van der Waals surface area contributed by atoms with Crippen LogP contribution in [-0.4, -0.2) is 17.4 Å². The molecule has 0 radical (unpaired) electrons.